The Morgan fingerprint density at radius 3 is 2.00 bits per heavy atom. The van der Waals surface area contributed by atoms with Crippen LogP contribution in [-0.2, 0) is 6.42 Å². The van der Waals surface area contributed by atoms with Gasteiger partial charge in [-0.3, -0.25) is 0 Å². The zero-order chi connectivity index (χ0) is 14.7. The van der Waals surface area contributed by atoms with Crippen LogP contribution in [0.1, 0.15) is 17.0 Å². The molecule has 1 nitrogen and oxygen atoms in total. The van der Waals surface area contributed by atoms with Crippen molar-refractivity contribution in [3.05, 3.63) is 67.6 Å². The van der Waals surface area contributed by atoms with E-state index in [0.717, 1.165) is 11.1 Å². The van der Waals surface area contributed by atoms with Crippen molar-refractivity contribution >= 4 is 46.4 Å². The highest BCUT2D eigenvalue weighted by Gasteiger charge is 2.16. The minimum Gasteiger partial charge on any atom is -0.330 e. The Morgan fingerprint density at radius 1 is 0.850 bits per heavy atom. The van der Waals surface area contributed by atoms with Gasteiger partial charge in [0.25, 0.3) is 0 Å². The Labute approximate surface area is 138 Å². The van der Waals surface area contributed by atoms with Gasteiger partial charge in [0, 0.05) is 26.0 Å². The van der Waals surface area contributed by atoms with Crippen LogP contribution in [0, 0.1) is 0 Å². The van der Waals surface area contributed by atoms with E-state index in [1.54, 1.807) is 12.1 Å². The highest BCUT2D eigenvalue weighted by molar-refractivity contribution is 6.35. The van der Waals surface area contributed by atoms with E-state index in [2.05, 4.69) is 0 Å². The maximum atomic E-state index is 6.24. The zero-order valence-corrected chi connectivity index (χ0v) is 13.6. The molecule has 0 saturated carbocycles. The lowest BCUT2D eigenvalue weighted by molar-refractivity contribution is 0.695. The standard InChI is InChI=1S/C15H13Cl4N/c16-11-2-1-9(14(18)6-11)5-10(8-20)13-4-3-12(17)7-15(13)19/h1-4,6-7,10H,5,8,20H2. The average Bonchev–Trinajstić information content (AvgIpc) is 2.39. The molecule has 2 aromatic carbocycles. The average molecular weight is 349 g/mol. The molecular formula is C15H13Cl4N. The van der Waals surface area contributed by atoms with Gasteiger partial charge in [-0.1, -0.05) is 58.5 Å². The number of benzene rings is 2. The van der Waals surface area contributed by atoms with Gasteiger partial charge in [-0.2, -0.15) is 0 Å². The molecule has 2 rings (SSSR count). The second-order valence-corrected chi connectivity index (χ2v) is 6.23. The molecule has 0 radical (unpaired) electrons. The number of rotatable bonds is 4. The monoisotopic (exact) mass is 347 g/mol. The second kappa shape index (κ2) is 7.02. The topological polar surface area (TPSA) is 26.0 Å². The van der Waals surface area contributed by atoms with Gasteiger partial charge in [0.15, 0.2) is 0 Å². The van der Waals surface area contributed by atoms with E-state index in [-0.39, 0.29) is 5.92 Å². The molecule has 0 saturated heterocycles. The predicted octanol–water partition coefficient (Wildman–Crippen LogP) is 5.59. The number of hydrogen-bond donors (Lipinski definition) is 1. The second-order valence-electron chi connectivity index (χ2n) is 4.54. The quantitative estimate of drug-likeness (QED) is 0.766. The van der Waals surface area contributed by atoms with E-state index in [0.29, 0.717) is 33.1 Å². The molecule has 0 bridgehead atoms. The van der Waals surface area contributed by atoms with Crippen LogP contribution in [0.25, 0.3) is 0 Å². The van der Waals surface area contributed by atoms with Gasteiger partial charge >= 0.3 is 0 Å². The highest BCUT2D eigenvalue weighted by Crippen LogP contribution is 2.31. The minimum absolute atomic E-state index is 0.0819. The first-order chi connectivity index (χ1) is 9.51. The van der Waals surface area contributed by atoms with Gasteiger partial charge in [0.2, 0.25) is 0 Å². The van der Waals surface area contributed by atoms with Crippen LogP contribution in [0.4, 0.5) is 0 Å². The summed E-state index contributed by atoms with van der Waals surface area (Å²) in [5, 5.41) is 2.49. The number of nitrogens with two attached hydrogens (primary N) is 1. The fourth-order valence-corrected chi connectivity index (χ4v) is 3.15. The summed E-state index contributed by atoms with van der Waals surface area (Å²) < 4.78 is 0. The molecule has 0 aromatic heterocycles. The first-order valence-electron chi connectivity index (χ1n) is 6.10. The van der Waals surface area contributed by atoms with E-state index in [9.17, 15) is 0 Å². The molecule has 0 heterocycles. The van der Waals surface area contributed by atoms with Crippen molar-refractivity contribution in [2.75, 3.05) is 6.54 Å². The van der Waals surface area contributed by atoms with Gasteiger partial charge < -0.3 is 5.73 Å². The summed E-state index contributed by atoms with van der Waals surface area (Å²) in [4.78, 5) is 0. The fourth-order valence-electron chi connectivity index (χ4n) is 2.11. The van der Waals surface area contributed by atoms with Crippen LogP contribution in [0.15, 0.2) is 36.4 Å². The van der Waals surface area contributed by atoms with Crippen LogP contribution < -0.4 is 5.73 Å². The van der Waals surface area contributed by atoms with Gasteiger partial charge in [-0.25, -0.2) is 0 Å². The summed E-state index contributed by atoms with van der Waals surface area (Å²) in [5.41, 5.74) is 7.85. The van der Waals surface area contributed by atoms with Crippen LogP contribution in [0.3, 0.4) is 0 Å². The first kappa shape index (κ1) is 15.9. The Balaban J connectivity index is 2.28. The van der Waals surface area contributed by atoms with Gasteiger partial charge in [-0.05, 0) is 48.4 Å². The van der Waals surface area contributed by atoms with E-state index >= 15 is 0 Å². The van der Waals surface area contributed by atoms with Crippen LogP contribution in [0.2, 0.25) is 20.1 Å². The van der Waals surface area contributed by atoms with Crippen molar-refractivity contribution in [3.63, 3.8) is 0 Å². The van der Waals surface area contributed by atoms with E-state index in [1.165, 1.54) is 0 Å². The van der Waals surface area contributed by atoms with Crippen LogP contribution >= 0.6 is 46.4 Å². The zero-order valence-electron chi connectivity index (χ0n) is 10.5. The van der Waals surface area contributed by atoms with E-state index < -0.39 is 0 Å². The van der Waals surface area contributed by atoms with Crippen molar-refractivity contribution in [2.45, 2.75) is 12.3 Å². The Morgan fingerprint density at radius 2 is 1.45 bits per heavy atom. The van der Waals surface area contributed by atoms with Crippen molar-refractivity contribution in [1.29, 1.82) is 0 Å². The Bertz CT molecular complexity index is 613. The summed E-state index contributed by atoms with van der Waals surface area (Å²) in [6, 6.07) is 10.9. The lowest BCUT2D eigenvalue weighted by Gasteiger charge is -2.18. The summed E-state index contributed by atoms with van der Waals surface area (Å²) in [7, 11) is 0. The van der Waals surface area contributed by atoms with Gasteiger partial charge in [0.05, 0.1) is 0 Å². The minimum atomic E-state index is 0.0819. The molecule has 1 unspecified atom stereocenters. The third-order valence-electron chi connectivity index (χ3n) is 3.17. The smallest absolute Gasteiger partial charge is 0.0456 e. The molecule has 0 aliphatic heterocycles. The molecule has 0 fully saturated rings. The molecule has 0 spiro atoms. The molecule has 5 heteroatoms. The lowest BCUT2D eigenvalue weighted by Crippen LogP contribution is -2.15. The SMILES string of the molecule is NCC(Cc1ccc(Cl)cc1Cl)c1ccc(Cl)cc1Cl. The third kappa shape index (κ3) is 3.81. The highest BCUT2D eigenvalue weighted by atomic mass is 35.5. The summed E-state index contributed by atoms with van der Waals surface area (Å²) >= 11 is 24.3. The maximum Gasteiger partial charge on any atom is 0.0456 e. The number of hydrogen-bond acceptors (Lipinski definition) is 1. The van der Waals surface area contributed by atoms with Crippen molar-refractivity contribution < 1.29 is 0 Å². The molecule has 106 valence electrons. The molecule has 0 aliphatic rings. The number of halogens is 4. The summed E-state index contributed by atoms with van der Waals surface area (Å²) in [6.07, 6.45) is 0.702. The van der Waals surface area contributed by atoms with Crippen molar-refractivity contribution in [2.24, 2.45) is 5.73 Å². The molecule has 1 atom stereocenters. The van der Waals surface area contributed by atoms with Gasteiger partial charge in [0.1, 0.15) is 0 Å². The van der Waals surface area contributed by atoms with Crippen molar-refractivity contribution in [3.8, 4) is 0 Å². The lowest BCUT2D eigenvalue weighted by atomic mass is 9.92. The fraction of sp³-hybridized carbons (Fsp3) is 0.200. The third-order valence-corrected chi connectivity index (χ3v) is 4.32. The first-order valence-corrected chi connectivity index (χ1v) is 7.61. The van der Waals surface area contributed by atoms with Crippen LogP contribution in [0.5, 0.6) is 0 Å². The molecule has 0 aliphatic carbocycles. The largest absolute Gasteiger partial charge is 0.330 e. The van der Waals surface area contributed by atoms with E-state index in [4.69, 9.17) is 52.1 Å². The molecule has 2 N–H and O–H groups in total. The molecular weight excluding hydrogens is 336 g/mol. The molecule has 2 aromatic rings. The van der Waals surface area contributed by atoms with E-state index in [1.807, 2.05) is 24.3 Å². The van der Waals surface area contributed by atoms with Crippen molar-refractivity contribution in [1.82, 2.24) is 0 Å². The van der Waals surface area contributed by atoms with Gasteiger partial charge in [-0.15, -0.1) is 0 Å². The normalized spacial score (nSPS) is 12.4. The Hall–Kier alpha value is -0.440. The summed E-state index contributed by atoms with van der Waals surface area (Å²) in [6.45, 7) is 0.473. The van der Waals surface area contributed by atoms with Crippen LogP contribution in [-0.4, -0.2) is 6.54 Å². The summed E-state index contributed by atoms with van der Waals surface area (Å²) in [5.74, 6) is 0.0819. The maximum absolute atomic E-state index is 6.24. The Kier molecular flexibility index (Phi) is 5.59. The molecule has 0 amide bonds. The molecule has 20 heavy (non-hydrogen) atoms. The predicted molar refractivity (Wildman–Crippen MR) is 88.4 cm³/mol.